The highest BCUT2D eigenvalue weighted by molar-refractivity contribution is 7.92. The molecule has 0 saturated heterocycles. The molecule has 0 radical (unpaired) electrons. The summed E-state index contributed by atoms with van der Waals surface area (Å²) in [5.41, 5.74) is 1.80. The van der Waals surface area contributed by atoms with Gasteiger partial charge in [0.1, 0.15) is 17.4 Å². The summed E-state index contributed by atoms with van der Waals surface area (Å²) in [7, 11) is -3.76. The zero-order valence-corrected chi connectivity index (χ0v) is 12.2. The highest BCUT2D eigenvalue weighted by atomic mass is 32.2. The number of aryl methyl sites for hydroxylation is 2. The van der Waals surface area contributed by atoms with Crippen molar-refractivity contribution in [2.45, 2.75) is 25.7 Å². The van der Waals surface area contributed by atoms with Gasteiger partial charge in [-0.3, -0.25) is 0 Å². The second kappa shape index (κ2) is 5.02. The van der Waals surface area contributed by atoms with Gasteiger partial charge in [0.2, 0.25) is 5.88 Å². The number of rotatable bonds is 3. The third-order valence-electron chi connectivity index (χ3n) is 3.06. The van der Waals surface area contributed by atoms with Crippen molar-refractivity contribution < 1.29 is 12.8 Å². The van der Waals surface area contributed by atoms with Gasteiger partial charge < -0.3 is 4.42 Å². The van der Waals surface area contributed by atoms with E-state index >= 15 is 0 Å². The van der Waals surface area contributed by atoms with Gasteiger partial charge in [-0.2, -0.15) is 5.26 Å². The number of nitriles is 1. The van der Waals surface area contributed by atoms with Crippen LogP contribution < -0.4 is 4.72 Å². The molecule has 0 saturated carbocycles. The fourth-order valence-corrected chi connectivity index (χ4v) is 2.73. The van der Waals surface area contributed by atoms with E-state index in [1.54, 1.807) is 26.0 Å². The van der Waals surface area contributed by atoms with Crippen molar-refractivity contribution in [3.8, 4) is 6.07 Å². The molecule has 1 heterocycles. The molecule has 1 N–H and O–H groups in total. The maximum Gasteiger partial charge on any atom is 0.264 e. The Morgan fingerprint density at radius 1 is 1.15 bits per heavy atom. The number of benzene rings is 1. The molecule has 1 aromatic carbocycles. The molecule has 0 aliphatic rings. The minimum absolute atomic E-state index is 0.0388. The molecule has 0 atom stereocenters. The lowest BCUT2D eigenvalue weighted by Gasteiger charge is -2.06. The Morgan fingerprint density at radius 3 is 2.30 bits per heavy atom. The van der Waals surface area contributed by atoms with Crippen LogP contribution in [0.1, 0.15) is 22.5 Å². The molecule has 0 unspecified atom stereocenters. The molecule has 0 aliphatic carbocycles. The molecule has 0 fully saturated rings. The Hall–Kier alpha value is -2.26. The van der Waals surface area contributed by atoms with E-state index in [0.29, 0.717) is 11.3 Å². The number of nitrogens with one attached hydrogen (secondary N) is 1. The van der Waals surface area contributed by atoms with Gasteiger partial charge in [0.15, 0.2) is 0 Å². The van der Waals surface area contributed by atoms with Gasteiger partial charge in [-0.05, 0) is 32.9 Å². The van der Waals surface area contributed by atoms with E-state index in [0.717, 1.165) is 5.56 Å². The lowest BCUT2D eigenvalue weighted by Crippen LogP contribution is -2.13. The molecule has 6 heteroatoms. The van der Waals surface area contributed by atoms with E-state index in [2.05, 4.69) is 4.72 Å². The minimum Gasteiger partial charge on any atom is -0.443 e. The molecule has 0 amide bonds. The zero-order chi connectivity index (χ0) is 14.9. The van der Waals surface area contributed by atoms with Gasteiger partial charge in [0.05, 0.1) is 4.90 Å². The van der Waals surface area contributed by atoms with Crippen LogP contribution in [0.2, 0.25) is 0 Å². The first-order valence-corrected chi connectivity index (χ1v) is 7.43. The summed E-state index contributed by atoms with van der Waals surface area (Å²) in [5, 5.41) is 9.07. The predicted octanol–water partition coefficient (Wildman–Crippen LogP) is 2.88. The second-order valence-corrected chi connectivity index (χ2v) is 6.20. The van der Waals surface area contributed by atoms with Crippen LogP contribution in [0.15, 0.2) is 33.6 Å². The second-order valence-electron chi connectivity index (χ2n) is 4.52. The van der Waals surface area contributed by atoms with Gasteiger partial charge >= 0.3 is 0 Å². The van der Waals surface area contributed by atoms with E-state index in [1.807, 2.05) is 13.0 Å². The number of furan rings is 1. The van der Waals surface area contributed by atoms with Crippen molar-refractivity contribution in [3.63, 3.8) is 0 Å². The minimum atomic E-state index is -3.76. The summed E-state index contributed by atoms with van der Waals surface area (Å²) in [6.07, 6.45) is 0. The predicted molar refractivity (Wildman–Crippen MR) is 74.9 cm³/mol. The van der Waals surface area contributed by atoms with Gasteiger partial charge in [-0.15, -0.1) is 0 Å². The highest BCUT2D eigenvalue weighted by Crippen LogP contribution is 2.27. The Kier molecular flexibility index (Phi) is 3.55. The average molecular weight is 290 g/mol. The van der Waals surface area contributed by atoms with Crippen LogP contribution in [0.3, 0.4) is 0 Å². The maximum atomic E-state index is 12.2. The lowest BCUT2D eigenvalue weighted by atomic mass is 10.2. The van der Waals surface area contributed by atoms with Gasteiger partial charge in [-0.1, -0.05) is 17.7 Å². The van der Waals surface area contributed by atoms with E-state index in [4.69, 9.17) is 9.68 Å². The largest absolute Gasteiger partial charge is 0.443 e. The summed E-state index contributed by atoms with van der Waals surface area (Å²) in [6, 6.07) is 8.37. The molecule has 20 heavy (non-hydrogen) atoms. The standard InChI is InChI=1S/C14H14N2O3S/c1-9-4-6-12(7-5-9)20(17,18)16-14-13(8-15)10(2)11(3)19-14/h4-7,16H,1-3H3. The number of sulfonamides is 1. The van der Waals surface area contributed by atoms with Crippen molar-refractivity contribution in [2.75, 3.05) is 4.72 Å². The van der Waals surface area contributed by atoms with Crippen LogP contribution in [0.5, 0.6) is 0 Å². The van der Waals surface area contributed by atoms with Crippen molar-refractivity contribution in [3.05, 3.63) is 46.7 Å². The van der Waals surface area contributed by atoms with Gasteiger partial charge in [0.25, 0.3) is 10.0 Å². The quantitative estimate of drug-likeness (QED) is 0.942. The zero-order valence-electron chi connectivity index (χ0n) is 11.4. The third-order valence-corrected chi connectivity index (χ3v) is 4.40. The molecule has 104 valence electrons. The first kappa shape index (κ1) is 14.2. The molecular weight excluding hydrogens is 276 g/mol. The molecule has 1 aromatic heterocycles. The Labute approximate surface area is 117 Å². The van der Waals surface area contributed by atoms with Crippen molar-refractivity contribution >= 4 is 15.9 Å². The number of anilines is 1. The summed E-state index contributed by atoms with van der Waals surface area (Å²) in [5.74, 6) is 0.478. The molecular formula is C14H14N2O3S. The van der Waals surface area contributed by atoms with E-state index in [-0.39, 0.29) is 16.3 Å². The highest BCUT2D eigenvalue weighted by Gasteiger charge is 2.21. The van der Waals surface area contributed by atoms with Crippen LogP contribution in [-0.2, 0) is 10.0 Å². The van der Waals surface area contributed by atoms with Gasteiger partial charge in [0, 0.05) is 5.56 Å². The van der Waals surface area contributed by atoms with E-state index in [9.17, 15) is 8.42 Å². The third kappa shape index (κ3) is 2.53. The normalized spacial score (nSPS) is 11.1. The van der Waals surface area contributed by atoms with Crippen molar-refractivity contribution in [1.29, 1.82) is 5.26 Å². The average Bonchev–Trinajstić information content (AvgIpc) is 2.64. The lowest BCUT2D eigenvalue weighted by molar-refractivity contribution is 0.546. The topological polar surface area (TPSA) is 83.1 Å². The van der Waals surface area contributed by atoms with Gasteiger partial charge in [-0.25, -0.2) is 13.1 Å². The van der Waals surface area contributed by atoms with Crippen LogP contribution >= 0.6 is 0 Å². The molecule has 2 rings (SSSR count). The molecule has 2 aromatic rings. The van der Waals surface area contributed by atoms with Crippen molar-refractivity contribution in [1.82, 2.24) is 0 Å². The summed E-state index contributed by atoms with van der Waals surface area (Å²) in [4.78, 5) is 0.124. The molecule has 0 bridgehead atoms. The summed E-state index contributed by atoms with van der Waals surface area (Å²) in [6.45, 7) is 5.26. The first-order valence-electron chi connectivity index (χ1n) is 5.94. The smallest absolute Gasteiger partial charge is 0.264 e. The van der Waals surface area contributed by atoms with Crippen LogP contribution in [0.25, 0.3) is 0 Å². The molecule has 5 nitrogen and oxygen atoms in total. The molecule has 0 spiro atoms. The Balaban J connectivity index is 2.41. The summed E-state index contributed by atoms with van der Waals surface area (Å²) < 4.78 is 32.1. The Bertz CT molecular complexity index is 781. The fourth-order valence-electron chi connectivity index (χ4n) is 1.73. The van der Waals surface area contributed by atoms with Crippen LogP contribution in [-0.4, -0.2) is 8.42 Å². The first-order chi connectivity index (χ1) is 9.35. The SMILES string of the molecule is Cc1ccc(S(=O)(=O)Nc2oc(C)c(C)c2C#N)cc1. The maximum absolute atomic E-state index is 12.2. The van der Waals surface area contributed by atoms with Crippen molar-refractivity contribution in [2.24, 2.45) is 0 Å². The Morgan fingerprint density at radius 2 is 1.75 bits per heavy atom. The van der Waals surface area contributed by atoms with Crippen LogP contribution in [0, 0.1) is 32.1 Å². The van der Waals surface area contributed by atoms with E-state index in [1.165, 1.54) is 12.1 Å². The number of nitrogens with zero attached hydrogens (tertiary/aromatic N) is 1. The number of hydrogen-bond donors (Lipinski definition) is 1. The van der Waals surface area contributed by atoms with E-state index < -0.39 is 10.0 Å². The monoisotopic (exact) mass is 290 g/mol. The fraction of sp³-hybridized carbons (Fsp3) is 0.214. The number of hydrogen-bond acceptors (Lipinski definition) is 4. The summed E-state index contributed by atoms with van der Waals surface area (Å²) >= 11 is 0. The van der Waals surface area contributed by atoms with Crippen LogP contribution in [0.4, 0.5) is 5.88 Å². The molecule has 0 aliphatic heterocycles.